The second-order valence-corrected chi connectivity index (χ2v) is 11.0. The van der Waals surface area contributed by atoms with Gasteiger partial charge in [0.05, 0.1) is 10.0 Å². The predicted molar refractivity (Wildman–Crippen MR) is 105 cm³/mol. The Balaban J connectivity index is 2.33. The summed E-state index contributed by atoms with van der Waals surface area (Å²) in [5, 5.41) is 1.34. The first-order valence-electron chi connectivity index (χ1n) is 6.76. The van der Waals surface area contributed by atoms with Crippen molar-refractivity contribution in [1.82, 2.24) is 0 Å². The van der Waals surface area contributed by atoms with E-state index in [2.05, 4.69) is 0 Å². The lowest BCUT2D eigenvalue weighted by atomic mass is 10.3. The Bertz CT molecular complexity index is 728. The molecule has 0 fully saturated rings. The maximum Gasteiger partial charge on any atom is 0.493 e. The summed E-state index contributed by atoms with van der Waals surface area (Å²) in [6.07, 6.45) is 0. The van der Waals surface area contributed by atoms with E-state index < -0.39 is 6.80 Å². The molecule has 0 N–H and O–H groups in total. The van der Waals surface area contributed by atoms with Crippen LogP contribution in [-0.4, -0.2) is 5.25 Å². The fraction of sp³-hybridized carbons (Fsp3) is 0.200. The molecule has 2 rings (SSSR count). The highest BCUT2D eigenvalue weighted by Gasteiger charge is 2.32. The molecule has 0 unspecified atom stereocenters. The molecule has 0 spiro atoms. The maximum atomic E-state index is 13.2. The molecule has 0 saturated heterocycles. The number of halogens is 4. The van der Waals surface area contributed by atoms with Gasteiger partial charge in [-0.25, -0.2) is 4.57 Å². The third kappa shape index (κ3) is 5.66. The van der Waals surface area contributed by atoms with Gasteiger partial charge in [0.15, 0.2) is 0 Å². The van der Waals surface area contributed by atoms with E-state index in [1.165, 1.54) is 24.3 Å². The second kappa shape index (κ2) is 8.44. The van der Waals surface area contributed by atoms with Gasteiger partial charge in [0.2, 0.25) is 0 Å². The Morgan fingerprint density at radius 3 is 1.62 bits per heavy atom. The highest BCUT2D eigenvalue weighted by atomic mass is 35.5. The molecule has 0 aliphatic rings. The minimum Gasteiger partial charge on any atom is -0.407 e. The van der Waals surface area contributed by atoms with Crippen molar-refractivity contribution in [1.29, 1.82) is 0 Å². The first-order chi connectivity index (χ1) is 11.2. The first-order valence-corrected chi connectivity index (χ1v) is 11.3. The van der Waals surface area contributed by atoms with Crippen molar-refractivity contribution in [2.45, 2.75) is 19.1 Å². The van der Waals surface area contributed by atoms with Gasteiger partial charge in [-0.1, -0.05) is 60.3 Å². The van der Waals surface area contributed by atoms with Crippen molar-refractivity contribution in [2.24, 2.45) is 0 Å². The second-order valence-electron chi connectivity index (χ2n) is 4.93. The van der Waals surface area contributed by atoms with Gasteiger partial charge in [-0.2, -0.15) is 0 Å². The molecule has 0 heterocycles. The van der Waals surface area contributed by atoms with Gasteiger partial charge in [0.1, 0.15) is 11.5 Å². The lowest BCUT2D eigenvalue weighted by Gasteiger charge is -2.21. The van der Waals surface area contributed by atoms with Gasteiger partial charge >= 0.3 is 6.80 Å². The minimum absolute atomic E-state index is 0.0204. The van der Waals surface area contributed by atoms with Crippen LogP contribution in [0.5, 0.6) is 11.5 Å². The van der Waals surface area contributed by atoms with E-state index in [0.717, 1.165) is 11.4 Å². The van der Waals surface area contributed by atoms with Crippen LogP contribution < -0.4 is 9.05 Å². The third-order valence-corrected chi connectivity index (χ3v) is 7.62. The summed E-state index contributed by atoms with van der Waals surface area (Å²) in [6.45, 7) is 0.102. The molecule has 9 heteroatoms. The molecule has 0 aliphatic heterocycles. The SMILES string of the molecule is CC(C)SP(=O)(Oc1ccc(Cl)cc1Cl)Oc1ccc(Cl)cc1Cl. The molecule has 2 aromatic rings. The van der Waals surface area contributed by atoms with E-state index in [0.29, 0.717) is 10.0 Å². The van der Waals surface area contributed by atoms with Crippen LogP contribution in [-0.2, 0) is 4.57 Å². The van der Waals surface area contributed by atoms with Crippen molar-refractivity contribution in [2.75, 3.05) is 0 Å². The zero-order valence-electron chi connectivity index (χ0n) is 12.6. The summed E-state index contributed by atoms with van der Waals surface area (Å²) in [7, 11) is 0. The van der Waals surface area contributed by atoms with Gasteiger partial charge in [-0.3, -0.25) is 0 Å². The monoisotopic (exact) mass is 444 g/mol. The fourth-order valence-corrected chi connectivity index (χ4v) is 6.39. The topological polar surface area (TPSA) is 35.5 Å². The molecule has 0 bridgehead atoms. The van der Waals surface area contributed by atoms with Crippen LogP contribution in [0.3, 0.4) is 0 Å². The summed E-state index contributed by atoms with van der Waals surface area (Å²) in [6, 6.07) is 9.23. The largest absolute Gasteiger partial charge is 0.493 e. The molecule has 0 saturated carbocycles. The molecule has 3 nitrogen and oxygen atoms in total. The molecule has 24 heavy (non-hydrogen) atoms. The maximum absolute atomic E-state index is 13.2. The minimum atomic E-state index is -3.64. The highest BCUT2D eigenvalue weighted by molar-refractivity contribution is 8.55. The molecule has 0 amide bonds. The molecular weight excluding hydrogens is 433 g/mol. The Kier molecular flexibility index (Phi) is 7.07. The first kappa shape index (κ1) is 20.1. The van der Waals surface area contributed by atoms with E-state index in [1.54, 1.807) is 12.1 Å². The number of hydrogen-bond donors (Lipinski definition) is 0. The smallest absolute Gasteiger partial charge is 0.407 e. The summed E-state index contributed by atoms with van der Waals surface area (Å²) in [5.41, 5.74) is 0. The van der Waals surface area contributed by atoms with E-state index in [4.69, 9.17) is 55.5 Å². The van der Waals surface area contributed by atoms with Crippen LogP contribution in [0.25, 0.3) is 0 Å². The van der Waals surface area contributed by atoms with Gasteiger partial charge in [-0.05, 0) is 47.8 Å². The predicted octanol–water partition coefficient (Wildman–Crippen LogP) is 8.01. The molecule has 2 aromatic carbocycles. The Labute approximate surface area is 164 Å². The van der Waals surface area contributed by atoms with Crippen LogP contribution in [0.4, 0.5) is 0 Å². The fourth-order valence-electron chi connectivity index (χ4n) is 1.66. The van der Waals surface area contributed by atoms with Crippen molar-refractivity contribution in [3.8, 4) is 11.5 Å². The highest BCUT2D eigenvalue weighted by Crippen LogP contribution is 2.62. The van der Waals surface area contributed by atoms with Crippen LogP contribution in [0.2, 0.25) is 20.1 Å². The molecule has 130 valence electrons. The molecule has 0 aliphatic carbocycles. The Hall–Kier alpha value is -0.220. The number of hydrogen-bond acceptors (Lipinski definition) is 4. The van der Waals surface area contributed by atoms with Crippen molar-refractivity contribution < 1.29 is 13.6 Å². The average molecular weight is 446 g/mol. The Morgan fingerprint density at radius 1 is 0.875 bits per heavy atom. The molecule has 0 radical (unpaired) electrons. The summed E-state index contributed by atoms with van der Waals surface area (Å²) >= 11 is 24.9. The summed E-state index contributed by atoms with van der Waals surface area (Å²) in [5.74, 6) is 0.422. The van der Waals surface area contributed by atoms with E-state index in [1.807, 2.05) is 13.8 Å². The standard InChI is InChI=1S/C15H13Cl4O3PS/c1-9(2)24-23(20,21-14-5-3-10(16)7-12(14)18)22-15-6-4-11(17)8-13(15)19/h3-9H,1-2H3. The quantitative estimate of drug-likeness (QED) is 0.421. The van der Waals surface area contributed by atoms with Crippen LogP contribution in [0.1, 0.15) is 13.8 Å². The van der Waals surface area contributed by atoms with Gasteiger partial charge < -0.3 is 9.05 Å². The van der Waals surface area contributed by atoms with Gasteiger partial charge in [-0.15, -0.1) is 0 Å². The van der Waals surface area contributed by atoms with E-state index in [9.17, 15) is 4.57 Å². The third-order valence-electron chi connectivity index (χ3n) is 2.55. The molecule has 0 atom stereocenters. The van der Waals surface area contributed by atoms with Crippen molar-refractivity contribution >= 4 is 64.6 Å². The van der Waals surface area contributed by atoms with Gasteiger partial charge in [0, 0.05) is 15.3 Å². The van der Waals surface area contributed by atoms with Crippen LogP contribution >= 0.6 is 64.6 Å². The lowest BCUT2D eigenvalue weighted by molar-refractivity contribution is 0.408. The molecule has 0 aromatic heterocycles. The number of rotatable bonds is 6. The Morgan fingerprint density at radius 2 is 1.29 bits per heavy atom. The zero-order chi connectivity index (χ0) is 17.9. The lowest BCUT2D eigenvalue weighted by Crippen LogP contribution is -2.02. The summed E-state index contributed by atoms with van der Waals surface area (Å²) in [4.78, 5) is 0. The van der Waals surface area contributed by atoms with E-state index in [-0.39, 0.29) is 26.8 Å². The van der Waals surface area contributed by atoms with Crippen molar-refractivity contribution in [3.63, 3.8) is 0 Å². The number of benzene rings is 2. The summed E-state index contributed by atoms with van der Waals surface area (Å²) < 4.78 is 24.4. The normalized spacial score (nSPS) is 11.6. The van der Waals surface area contributed by atoms with Crippen LogP contribution in [0.15, 0.2) is 36.4 Å². The van der Waals surface area contributed by atoms with Crippen LogP contribution in [0, 0.1) is 0 Å². The zero-order valence-corrected chi connectivity index (χ0v) is 17.4. The van der Waals surface area contributed by atoms with Crippen molar-refractivity contribution in [3.05, 3.63) is 56.5 Å². The average Bonchev–Trinajstić information content (AvgIpc) is 2.44. The van der Waals surface area contributed by atoms with E-state index >= 15 is 0 Å². The van der Waals surface area contributed by atoms with Gasteiger partial charge in [0.25, 0.3) is 0 Å². The molecular formula is C15H13Cl4O3PS.